The molecule has 0 aliphatic heterocycles. The van der Waals surface area contributed by atoms with Gasteiger partial charge in [0, 0.05) is 40.8 Å². The number of halogens is 3. The Balaban J connectivity index is 1.94. The molecule has 4 rings (SSSR count). The molecule has 0 fully saturated rings. The van der Waals surface area contributed by atoms with E-state index >= 15 is 0 Å². The minimum Gasteiger partial charge on any atom is -0.462 e. The number of pyridine rings is 2. The molecule has 0 aliphatic rings. The quantitative estimate of drug-likeness (QED) is 0.244. The number of aliphatic hydroxyl groups is 1. The zero-order chi connectivity index (χ0) is 29.9. The van der Waals surface area contributed by atoms with E-state index in [4.69, 9.17) is 4.74 Å². The van der Waals surface area contributed by atoms with Crippen LogP contribution in [0, 0.1) is 0 Å². The molecule has 0 bridgehead atoms. The van der Waals surface area contributed by atoms with Crippen molar-refractivity contribution < 1.29 is 32.6 Å². The zero-order valence-corrected chi connectivity index (χ0v) is 23.0. The number of rotatable bonds is 8. The first kappa shape index (κ1) is 29.7. The highest BCUT2D eigenvalue weighted by atomic mass is 32.1. The van der Waals surface area contributed by atoms with E-state index in [1.165, 1.54) is 24.5 Å². The number of carbonyl (C=O) groups excluding carboxylic acids is 2. The van der Waals surface area contributed by atoms with Gasteiger partial charge in [-0.1, -0.05) is 6.07 Å². The maximum atomic E-state index is 13.4. The lowest BCUT2D eigenvalue weighted by Crippen LogP contribution is -2.28. The second-order valence-corrected chi connectivity index (χ2v) is 9.76. The largest absolute Gasteiger partial charge is 0.462 e. The number of alkyl halides is 3. The number of hydrogen-bond acceptors (Lipinski definition) is 8. The van der Waals surface area contributed by atoms with Crippen molar-refractivity contribution in [3.63, 3.8) is 0 Å². The predicted octanol–water partition coefficient (Wildman–Crippen LogP) is 5.08. The molecule has 2 amide bonds. The van der Waals surface area contributed by atoms with E-state index < -0.39 is 35.3 Å². The Morgan fingerprint density at radius 3 is 2.59 bits per heavy atom. The maximum absolute atomic E-state index is 13.4. The van der Waals surface area contributed by atoms with E-state index in [1.54, 1.807) is 37.5 Å². The van der Waals surface area contributed by atoms with Crippen molar-refractivity contribution >= 4 is 40.1 Å². The van der Waals surface area contributed by atoms with Crippen LogP contribution in [0.25, 0.3) is 32.6 Å². The van der Waals surface area contributed by atoms with Gasteiger partial charge < -0.3 is 19.7 Å². The number of aliphatic hydroxyl groups excluding tert-OH is 1. The number of thiazole rings is 1. The van der Waals surface area contributed by atoms with Gasteiger partial charge in [-0.25, -0.2) is 19.6 Å². The maximum Gasteiger partial charge on any atom is 0.434 e. The molecule has 3 heterocycles. The summed E-state index contributed by atoms with van der Waals surface area (Å²) in [6, 6.07) is 5.10. The zero-order valence-electron chi connectivity index (χ0n) is 22.2. The third kappa shape index (κ3) is 6.23. The number of nitrogens with zero attached hydrogens (tertiary/aromatic N) is 3. The Bertz CT molecular complexity index is 1670. The van der Waals surface area contributed by atoms with Crippen LogP contribution in [-0.2, 0) is 10.9 Å². The predicted molar refractivity (Wildman–Crippen MR) is 148 cm³/mol. The number of esters is 1. The third-order valence-corrected chi connectivity index (χ3v) is 6.96. The molecule has 0 spiro atoms. The Morgan fingerprint density at radius 1 is 1.20 bits per heavy atom. The van der Waals surface area contributed by atoms with E-state index in [1.807, 2.05) is 0 Å². The average molecular weight is 590 g/mol. The van der Waals surface area contributed by atoms with Gasteiger partial charge in [-0.3, -0.25) is 10.1 Å². The summed E-state index contributed by atoms with van der Waals surface area (Å²) in [5.74, 6) is -0.753. The number of benzene rings is 1. The molecule has 0 unspecified atom stereocenters. The Kier molecular flexibility index (Phi) is 8.73. The second kappa shape index (κ2) is 12.1. The number of aromatic nitrogens is 3. The standard InChI is InChI=1S/C27H26F3N5O5S/c1-4-31-26(39)34-22-9-16(24-33-21(13-41-24)27(28,29)30)18(10-32-22)15-6-7-20-17(8-15)23(37)19(25(38)40-5-2)11-35(20)14(3)12-36/h6-11,13-14,36H,4-5,12H2,1-3H3,(H2,31,32,34,39)/t14-/m1/s1. The van der Waals surface area contributed by atoms with Crippen LogP contribution in [0.2, 0.25) is 0 Å². The summed E-state index contributed by atoms with van der Waals surface area (Å²) < 4.78 is 46.7. The normalized spacial score (nSPS) is 12.3. The van der Waals surface area contributed by atoms with Crippen LogP contribution in [0.1, 0.15) is 42.9 Å². The molecule has 41 heavy (non-hydrogen) atoms. The Labute approximate surface area is 235 Å². The first-order valence-corrected chi connectivity index (χ1v) is 13.4. The second-order valence-electron chi connectivity index (χ2n) is 8.90. The lowest BCUT2D eigenvalue weighted by molar-refractivity contribution is -0.140. The molecule has 14 heteroatoms. The van der Waals surface area contributed by atoms with E-state index in [9.17, 15) is 32.7 Å². The minimum atomic E-state index is -4.66. The molecule has 0 radical (unpaired) electrons. The molecule has 216 valence electrons. The monoisotopic (exact) mass is 589 g/mol. The van der Waals surface area contributed by atoms with Gasteiger partial charge in [0.1, 0.15) is 16.4 Å². The van der Waals surface area contributed by atoms with Gasteiger partial charge in [-0.2, -0.15) is 13.2 Å². The summed E-state index contributed by atoms with van der Waals surface area (Å²) in [6.45, 7) is 5.14. The first-order valence-electron chi connectivity index (χ1n) is 12.5. The molecule has 1 aromatic carbocycles. The van der Waals surface area contributed by atoms with Crippen LogP contribution in [0.5, 0.6) is 0 Å². The summed E-state index contributed by atoms with van der Waals surface area (Å²) in [4.78, 5) is 46.1. The van der Waals surface area contributed by atoms with Crippen molar-refractivity contribution in [1.29, 1.82) is 0 Å². The molecule has 3 N–H and O–H groups in total. The van der Waals surface area contributed by atoms with Crippen molar-refractivity contribution in [3.05, 3.63) is 63.5 Å². The van der Waals surface area contributed by atoms with Gasteiger partial charge in [-0.05, 0) is 44.5 Å². The van der Waals surface area contributed by atoms with Crippen LogP contribution < -0.4 is 16.1 Å². The summed E-state index contributed by atoms with van der Waals surface area (Å²) in [5, 5.41) is 15.9. The molecule has 3 aromatic heterocycles. The average Bonchev–Trinajstić information content (AvgIpc) is 3.44. The number of fused-ring (bicyclic) bond motifs is 1. The molecule has 4 aromatic rings. The highest BCUT2D eigenvalue weighted by Crippen LogP contribution is 2.39. The molecule has 10 nitrogen and oxygen atoms in total. The fourth-order valence-corrected chi connectivity index (χ4v) is 4.97. The number of amides is 2. The van der Waals surface area contributed by atoms with Crippen molar-refractivity contribution in [2.24, 2.45) is 0 Å². The summed E-state index contributed by atoms with van der Waals surface area (Å²) >= 11 is 0.762. The number of urea groups is 1. The van der Waals surface area contributed by atoms with Crippen LogP contribution in [0.15, 0.2) is 46.8 Å². The van der Waals surface area contributed by atoms with E-state index in [0.29, 0.717) is 23.2 Å². The van der Waals surface area contributed by atoms with Crippen LogP contribution in [0.3, 0.4) is 0 Å². The highest BCUT2D eigenvalue weighted by molar-refractivity contribution is 7.13. The SMILES string of the molecule is CCNC(=O)Nc1cc(-c2nc(C(F)(F)F)cs2)c(-c2ccc3c(c2)c(=O)c(C(=O)OCC)cn3[C@H](C)CO)cn1. The fraction of sp³-hybridized carbons (Fsp3) is 0.296. The number of anilines is 1. The minimum absolute atomic E-state index is 0.0142. The smallest absolute Gasteiger partial charge is 0.434 e. The Morgan fingerprint density at radius 2 is 1.95 bits per heavy atom. The van der Waals surface area contributed by atoms with Crippen LogP contribution in [-0.4, -0.2) is 51.4 Å². The molecular weight excluding hydrogens is 563 g/mol. The van der Waals surface area contributed by atoms with Gasteiger partial charge in [0.15, 0.2) is 5.69 Å². The van der Waals surface area contributed by atoms with Gasteiger partial charge in [0.05, 0.1) is 24.8 Å². The number of carbonyl (C=O) groups is 2. The van der Waals surface area contributed by atoms with Gasteiger partial charge in [-0.15, -0.1) is 11.3 Å². The van der Waals surface area contributed by atoms with Gasteiger partial charge in [0.2, 0.25) is 5.43 Å². The van der Waals surface area contributed by atoms with E-state index in [-0.39, 0.29) is 40.6 Å². The fourth-order valence-electron chi connectivity index (χ4n) is 4.11. The van der Waals surface area contributed by atoms with Gasteiger partial charge >= 0.3 is 18.2 Å². The molecule has 0 aliphatic carbocycles. The third-order valence-electron chi connectivity index (χ3n) is 6.09. The first-order chi connectivity index (χ1) is 19.5. The van der Waals surface area contributed by atoms with Crippen LogP contribution in [0.4, 0.5) is 23.8 Å². The number of nitrogens with one attached hydrogen (secondary N) is 2. The van der Waals surface area contributed by atoms with Crippen LogP contribution >= 0.6 is 11.3 Å². The van der Waals surface area contributed by atoms with E-state index in [0.717, 1.165) is 16.7 Å². The van der Waals surface area contributed by atoms with E-state index in [2.05, 4.69) is 20.6 Å². The summed E-state index contributed by atoms with van der Waals surface area (Å²) in [5.41, 5.74) is -0.528. The van der Waals surface area contributed by atoms with Gasteiger partial charge in [0.25, 0.3) is 0 Å². The molecular formula is C27H26F3N5O5S. The van der Waals surface area contributed by atoms with Crippen molar-refractivity contribution in [1.82, 2.24) is 19.9 Å². The highest BCUT2D eigenvalue weighted by Gasteiger charge is 2.34. The molecule has 0 saturated heterocycles. The van der Waals surface area contributed by atoms with Crippen molar-refractivity contribution in [2.75, 3.05) is 25.1 Å². The molecule has 1 atom stereocenters. The lowest BCUT2D eigenvalue weighted by atomic mass is 9.99. The van der Waals surface area contributed by atoms with Crippen molar-refractivity contribution in [2.45, 2.75) is 33.0 Å². The topological polar surface area (TPSA) is 135 Å². The van der Waals surface area contributed by atoms with Crippen molar-refractivity contribution in [3.8, 4) is 21.7 Å². The number of ether oxygens (including phenoxy) is 1. The molecule has 0 saturated carbocycles. The summed E-state index contributed by atoms with van der Waals surface area (Å²) in [6.07, 6.45) is -1.96. The Hall–Kier alpha value is -4.30. The lowest BCUT2D eigenvalue weighted by Gasteiger charge is -2.19. The number of hydrogen-bond donors (Lipinski definition) is 3. The summed E-state index contributed by atoms with van der Waals surface area (Å²) in [7, 11) is 0.